The van der Waals surface area contributed by atoms with Crippen LogP contribution in [0.3, 0.4) is 0 Å². The van der Waals surface area contributed by atoms with Crippen molar-refractivity contribution in [3.63, 3.8) is 0 Å². The maximum Gasteiger partial charge on any atom is 0.483 e. The van der Waals surface area contributed by atoms with Gasteiger partial charge in [0.05, 0.1) is 19.3 Å². The normalized spacial score (nSPS) is 28.2. The number of hydrogen-bond acceptors (Lipinski definition) is 17. The van der Waals surface area contributed by atoms with Crippen LogP contribution >= 0.6 is 15.6 Å². The molecule has 2 saturated heterocycles. The Hall–Kier alpha value is -2.44. The summed E-state index contributed by atoms with van der Waals surface area (Å²) in [6.07, 6.45) is -11.1. The fourth-order valence-corrected chi connectivity index (χ4v) is 7.70. The van der Waals surface area contributed by atoms with Gasteiger partial charge in [0.15, 0.2) is 12.5 Å². The molecule has 2 amide bonds. The number of ether oxygens (including phenoxy) is 2. The van der Waals surface area contributed by atoms with Gasteiger partial charge in [-0.25, -0.2) is 13.9 Å². The van der Waals surface area contributed by atoms with E-state index in [9.17, 15) is 58.5 Å². The van der Waals surface area contributed by atoms with Gasteiger partial charge in [-0.15, -0.1) is 0 Å². The summed E-state index contributed by atoms with van der Waals surface area (Å²) in [5.41, 5.74) is -1.76. The summed E-state index contributed by atoms with van der Waals surface area (Å²) in [6.45, 7) is 20.5. The minimum Gasteiger partial charge on any atom is -0.394 e. The first-order chi connectivity index (χ1) is 26.1. The zero-order valence-corrected chi connectivity index (χ0v) is 34.7. The number of hydrogen-bond donors (Lipinski definition) is 9. The van der Waals surface area contributed by atoms with E-state index in [4.69, 9.17) is 14.0 Å². The Labute approximate surface area is 325 Å². The van der Waals surface area contributed by atoms with Crippen molar-refractivity contribution < 1.29 is 71.8 Å². The number of carbonyl (C=O) groups excluding carboxylic acids is 2. The Balaban J connectivity index is 0.000000949. The number of rotatable bonds is 17. The van der Waals surface area contributed by atoms with Gasteiger partial charge in [0, 0.05) is 26.1 Å². The molecule has 2 fully saturated rings. The summed E-state index contributed by atoms with van der Waals surface area (Å²) in [5, 5.41) is 45.2. The first kappa shape index (κ1) is 51.6. The van der Waals surface area contributed by atoms with E-state index in [0.29, 0.717) is 0 Å². The highest BCUT2D eigenvalue weighted by molar-refractivity contribution is 7.61. The van der Waals surface area contributed by atoms with Crippen LogP contribution < -0.4 is 21.9 Å². The molecule has 23 nitrogen and oxygen atoms in total. The van der Waals surface area contributed by atoms with Crippen LogP contribution in [0.4, 0.5) is 0 Å². The summed E-state index contributed by atoms with van der Waals surface area (Å²) >= 11 is 0. The standard InChI is InChI=1S/C19H30N4O17P2.2C6H15N/c1-7(25)20-12-9(5-24)38-18(13(15(12)29)21-8(2)26)39-42(34,35)40-41(32,33)36-6-10-14(28)16(30)17(37-10)23-4-3-11(27)22-19(23)31;2*1-4-7(5-2)6-3/h3-4,9-10,12-18,24,28-30H,5-6H2,1-2H3,(H,20,25)(H,21,26)(H,32,33)(H,34,35)(H,22,27,31);2*4-6H2,1-3H3/t9-,10-,12-,13-,14-,15+,16-,17-,18-;;/m1../s1. The van der Waals surface area contributed by atoms with Crippen LogP contribution in [0.2, 0.25) is 0 Å². The molecule has 2 unspecified atom stereocenters. The van der Waals surface area contributed by atoms with E-state index in [1.54, 1.807) is 0 Å². The van der Waals surface area contributed by atoms with Crippen molar-refractivity contribution in [1.29, 1.82) is 0 Å². The van der Waals surface area contributed by atoms with Gasteiger partial charge in [-0.3, -0.25) is 33.0 Å². The van der Waals surface area contributed by atoms with Gasteiger partial charge < -0.3 is 60.1 Å². The summed E-state index contributed by atoms with van der Waals surface area (Å²) in [7, 11) is -11.2. The average Bonchev–Trinajstić information content (AvgIpc) is 3.40. The number of aliphatic hydroxyl groups excluding tert-OH is 4. The summed E-state index contributed by atoms with van der Waals surface area (Å²) in [4.78, 5) is 73.2. The number of aromatic amines is 1. The second-order valence-electron chi connectivity index (χ2n) is 12.4. The molecule has 1 aromatic heterocycles. The Bertz CT molecular complexity index is 1540. The summed E-state index contributed by atoms with van der Waals surface area (Å²) in [6, 6.07) is -2.06. The number of aromatic nitrogens is 2. The van der Waals surface area contributed by atoms with E-state index >= 15 is 0 Å². The van der Waals surface area contributed by atoms with Crippen molar-refractivity contribution in [2.24, 2.45) is 0 Å². The van der Waals surface area contributed by atoms with Gasteiger partial charge in [0.25, 0.3) is 5.56 Å². The Morgan fingerprint density at radius 1 is 0.804 bits per heavy atom. The first-order valence-corrected chi connectivity index (χ1v) is 21.1. The minimum absolute atomic E-state index is 0.655. The third-order valence-electron chi connectivity index (χ3n) is 8.65. The fraction of sp³-hybridized carbons (Fsp3) is 0.806. The zero-order chi connectivity index (χ0) is 43.0. The van der Waals surface area contributed by atoms with Crippen LogP contribution in [0.25, 0.3) is 0 Å². The molecule has 0 aromatic carbocycles. The van der Waals surface area contributed by atoms with Crippen LogP contribution in [-0.4, -0.2) is 163 Å². The molecule has 2 aliphatic rings. The second kappa shape index (κ2) is 24.5. The molecule has 0 bridgehead atoms. The number of phosphoric ester groups is 2. The largest absolute Gasteiger partial charge is 0.483 e. The van der Waals surface area contributed by atoms with Crippen molar-refractivity contribution >= 4 is 27.5 Å². The Morgan fingerprint density at radius 3 is 1.73 bits per heavy atom. The summed E-state index contributed by atoms with van der Waals surface area (Å²) in [5.74, 6) is -1.44. The number of H-pyrrole nitrogens is 1. The van der Waals surface area contributed by atoms with Gasteiger partial charge in [0.2, 0.25) is 11.8 Å². The Kier molecular flexibility index (Phi) is 22.5. The van der Waals surface area contributed by atoms with E-state index in [2.05, 4.69) is 70.8 Å². The molecule has 326 valence electrons. The lowest BCUT2D eigenvalue weighted by molar-refractivity contribution is -0.219. The lowest BCUT2D eigenvalue weighted by Gasteiger charge is -2.44. The van der Waals surface area contributed by atoms with Gasteiger partial charge in [-0.1, -0.05) is 41.5 Å². The Morgan fingerprint density at radius 2 is 1.30 bits per heavy atom. The van der Waals surface area contributed by atoms with Crippen molar-refractivity contribution in [1.82, 2.24) is 30.0 Å². The topological polar surface area (TPSA) is 321 Å². The lowest BCUT2D eigenvalue weighted by atomic mass is 9.94. The highest BCUT2D eigenvalue weighted by Gasteiger charge is 2.51. The molecule has 9 N–H and O–H groups in total. The van der Waals surface area contributed by atoms with E-state index in [-0.39, 0.29) is 0 Å². The van der Waals surface area contributed by atoms with E-state index < -0.39 is 107 Å². The lowest BCUT2D eigenvalue weighted by Crippen LogP contribution is -2.68. The molecule has 11 atom stereocenters. The smallest absolute Gasteiger partial charge is 0.394 e. The van der Waals surface area contributed by atoms with Gasteiger partial charge >= 0.3 is 21.3 Å². The number of phosphoric acid groups is 2. The molecule has 56 heavy (non-hydrogen) atoms. The van der Waals surface area contributed by atoms with Crippen LogP contribution in [0.1, 0.15) is 61.6 Å². The van der Waals surface area contributed by atoms with Crippen molar-refractivity contribution in [3.05, 3.63) is 33.1 Å². The van der Waals surface area contributed by atoms with E-state index in [0.717, 1.165) is 30.7 Å². The molecular weight excluding hydrogens is 790 g/mol. The number of carbonyl (C=O) groups is 2. The quantitative estimate of drug-likeness (QED) is 0.0780. The molecule has 2 aliphatic heterocycles. The summed E-state index contributed by atoms with van der Waals surface area (Å²) < 4.78 is 49.9. The van der Waals surface area contributed by atoms with E-state index in [1.165, 1.54) is 39.3 Å². The SMILES string of the molecule is CC(=O)N[C@H]1[C@@H](OP(=O)(O)OP(=O)(O)OC[C@H]2O[C@@H](n3ccc(=O)[nH]c3=O)[C@H](O)[C@@H]2O)O[C@H](CO)[C@@H](NC(C)=O)[C@@H]1O.CCN(CC)CC.CCN(CC)CC. The molecular formula is C31H60N6O17P2. The molecule has 25 heteroatoms. The second-order valence-corrected chi connectivity index (χ2v) is 15.4. The number of nitrogens with one attached hydrogen (secondary N) is 3. The van der Waals surface area contributed by atoms with Gasteiger partial charge in [-0.2, -0.15) is 4.31 Å². The molecule has 0 aliphatic carbocycles. The maximum absolute atomic E-state index is 12.6. The predicted molar refractivity (Wildman–Crippen MR) is 199 cm³/mol. The molecule has 0 radical (unpaired) electrons. The molecule has 0 spiro atoms. The molecule has 3 rings (SSSR count). The highest BCUT2D eigenvalue weighted by Crippen LogP contribution is 2.61. The van der Waals surface area contributed by atoms with Crippen molar-refractivity contribution in [3.8, 4) is 0 Å². The van der Waals surface area contributed by atoms with Gasteiger partial charge in [0.1, 0.15) is 36.6 Å². The maximum atomic E-state index is 12.6. The third-order valence-corrected chi connectivity index (χ3v) is 11.3. The number of nitrogens with zero attached hydrogens (tertiary/aromatic N) is 3. The van der Waals surface area contributed by atoms with Crippen molar-refractivity contribution in [2.45, 2.75) is 111 Å². The predicted octanol–water partition coefficient (Wildman–Crippen LogP) is -1.81. The van der Waals surface area contributed by atoms with Crippen LogP contribution in [-0.2, 0) is 41.6 Å². The van der Waals surface area contributed by atoms with Crippen LogP contribution in [0.15, 0.2) is 21.9 Å². The average molecular weight is 851 g/mol. The minimum atomic E-state index is -5.66. The highest BCUT2D eigenvalue weighted by atomic mass is 31.3. The monoisotopic (exact) mass is 850 g/mol. The van der Waals surface area contributed by atoms with Crippen molar-refractivity contribution in [2.75, 3.05) is 52.5 Å². The number of aliphatic hydroxyl groups is 4. The first-order valence-electron chi connectivity index (χ1n) is 18.1. The van der Waals surface area contributed by atoms with Crippen LogP contribution in [0.5, 0.6) is 0 Å². The number of amides is 2. The van der Waals surface area contributed by atoms with E-state index in [1.807, 2.05) is 4.98 Å². The third kappa shape index (κ3) is 16.4. The molecule has 1 aromatic rings. The van der Waals surface area contributed by atoms with Crippen LogP contribution in [0, 0.1) is 0 Å². The van der Waals surface area contributed by atoms with Gasteiger partial charge in [-0.05, 0) is 39.3 Å². The fourth-order valence-electron chi connectivity index (χ4n) is 5.53. The zero-order valence-electron chi connectivity index (χ0n) is 32.9. The molecule has 3 heterocycles. The molecule has 0 saturated carbocycles.